The fourth-order valence-electron chi connectivity index (χ4n) is 3.45. The van der Waals surface area contributed by atoms with Crippen molar-refractivity contribution >= 4 is 12.1 Å². The van der Waals surface area contributed by atoms with E-state index in [1.165, 1.54) is 7.11 Å². The van der Waals surface area contributed by atoms with Crippen molar-refractivity contribution in [2.45, 2.75) is 37.8 Å². The highest BCUT2D eigenvalue weighted by Gasteiger charge is 2.27. The number of piperidine rings is 1. The number of nitrogens with zero attached hydrogens (tertiary/aromatic N) is 1. The van der Waals surface area contributed by atoms with Crippen LogP contribution in [-0.4, -0.2) is 49.9 Å². The van der Waals surface area contributed by atoms with Gasteiger partial charge in [-0.3, -0.25) is 0 Å². The summed E-state index contributed by atoms with van der Waals surface area (Å²) < 4.78 is 10.5. The van der Waals surface area contributed by atoms with Crippen LogP contribution in [0.2, 0.25) is 0 Å². The van der Waals surface area contributed by atoms with Gasteiger partial charge < -0.3 is 25.0 Å². The molecule has 0 saturated carbocycles. The lowest BCUT2D eigenvalue weighted by atomic mass is 10.0. The van der Waals surface area contributed by atoms with Gasteiger partial charge in [-0.15, -0.1) is 0 Å². The van der Waals surface area contributed by atoms with Crippen LogP contribution in [0.3, 0.4) is 0 Å². The Labute approximate surface area is 147 Å². The highest BCUT2D eigenvalue weighted by atomic mass is 16.5. The number of para-hydroxylation sites is 1. The van der Waals surface area contributed by atoms with Crippen LogP contribution >= 0.6 is 0 Å². The number of amides is 3. The first-order valence-electron chi connectivity index (χ1n) is 8.79. The van der Waals surface area contributed by atoms with E-state index < -0.39 is 0 Å². The second-order valence-electron chi connectivity index (χ2n) is 6.45. The highest BCUT2D eigenvalue weighted by Crippen LogP contribution is 2.31. The minimum atomic E-state index is -0.346. The van der Waals surface area contributed by atoms with Crippen molar-refractivity contribution in [3.05, 3.63) is 29.8 Å². The normalized spacial score (nSPS) is 22.8. The van der Waals surface area contributed by atoms with Gasteiger partial charge in [0.05, 0.1) is 19.8 Å². The molecule has 2 aliphatic rings. The van der Waals surface area contributed by atoms with E-state index in [0.29, 0.717) is 19.7 Å². The van der Waals surface area contributed by atoms with Gasteiger partial charge in [0.2, 0.25) is 0 Å². The maximum atomic E-state index is 12.4. The average Bonchev–Trinajstić information content (AvgIpc) is 2.83. The van der Waals surface area contributed by atoms with Gasteiger partial charge in [0, 0.05) is 24.7 Å². The summed E-state index contributed by atoms with van der Waals surface area (Å²) in [4.78, 5) is 25.7. The molecule has 136 valence electrons. The summed E-state index contributed by atoms with van der Waals surface area (Å²) in [5.74, 6) is 0.833. The molecule has 0 aromatic heterocycles. The largest absolute Gasteiger partial charge is 0.493 e. The quantitative estimate of drug-likeness (QED) is 0.861. The topological polar surface area (TPSA) is 79.9 Å². The van der Waals surface area contributed by atoms with Crippen LogP contribution < -0.4 is 15.4 Å². The molecule has 1 fully saturated rings. The third-order valence-electron chi connectivity index (χ3n) is 4.68. The molecular weight excluding hydrogens is 322 g/mol. The van der Waals surface area contributed by atoms with E-state index in [9.17, 15) is 9.59 Å². The van der Waals surface area contributed by atoms with Gasteiger partial charge in [-0.2, -0.15) is 0 Å². The van der Waals surface area contributed by atoms with Crippen molar-refractivity contribution < 1.29 is 19.1 Å². The van der Waals surface area contributed by atoms with Gasteiger partial charge in [0.1, 0.15) is 5.75 Å². The van der Waals surface area contributed by atoms with Crippen LogP contribution in [0, 0.1) is 0 Å². The number of rotatable bonds is 2. The third kappa shape index (κ3) is 4.35. The van der Waals surface area contributed by atoms with E-state index >= 15 is 0 Å². The fraction of sp³-hybridized carbons (Fsp3) is 0.556. The van der Waals surface area contributed by atoms with Gasteiger partial charge in [0.25, 0.3) is 0 Å². The lowest BCUT2D eigenvalue weighted by Gasteiger charge is -2.32. The molecule has 3 amide bonds. The summed E-state index contributed by atoms with van der Waals surface area (Å²) in [5.41, 5.74) is 1.01. The van der Waals surface area contributed by atoms with Gasteiger partial charge in [-0.1, -0.05) is 18.2 Å². The average molecular weight is 347 g/mol. The van der Waals surface area contributed by atoms with Gasteiger partial charge in [0.15, 0.2) is 0 Å². The van der Waals surface area contributed by atoms with Crippen molar-refractivity contribution in [2.24, 2.45) is 0 Å². The van der Waals surface area contributed by atoms with Crippen molar-refractivity contribution in [3.63, 3.8) is 0 Å². The monoisotopic (exact) mass is 347 g/mol. The molecule has 7 nitrogen and oxygen atoms in total. The molecule has 2 N–H and O–H groups in total. The number of likely N-dealkylation sites (tertiary alicyclic amines) is 1. The summed E-state index contributed by atoms with van der Waals surface area (Å²) in [7, 11) is 1.37. The first-order valence-corrected chi connectivity index (χ1v) is 8.79. The van der Waals surface area contributed by atoms with E-state index in [-0.39, 0.29) is 24.2 Å². The Bertz CT molecular complexity index is 622. The third-order valence-corrected chi connectivity index (χ3v) is 4.68. The van der Waals surface area contributed by atoms with Crippen molar-refractivity contribution in [1.29, 1.82) is 0 Å². The van der Waals surface area contributed by atoms with Gasteiger partial charge in [-0.05, 0) is 31.7 Å². The summed E-state index contributed by atoms with van der Waals surface area (Å²) >= 11 is 0. The molecule has 2 atom stereocenters. The molecule has 7 heteroatoms. The lowest BCUT2D eigenvalue weighted by molar-refractivity contribution is 0.108. The number of urea groups is 1. The Morgan fingerprint density at radius 2 is 2.04 bits per heavy atom. The molecule has 25 heavy (non-hydrogen) atoms. The van der Waals surface area contributed by atoms with E-state index in [1.54, 1.807) is 4.90 Å². The van der Waals surface area contributed by atoms with Crippen LogP contribution in [0.1, 0.15) is 37.3 Å². The summed E-state index contributed by atoms with van der Waals surface area (Å²) in [6.07, 6.45) is 3.08. The van der Waals surface area contributed by atoms with Crippen LogP contribution in [-0.2, 0) is 4.74 Å². The van der Waals surface area contributed by atoms with Gasteiger partial charge >= 0.3 is 12.1 Å². The zero-order chi connectivity index (χ0) is 17.6. The summed E-state index contributed by atoms with van der Waals surface area (Å²) in [6.45, 7) is 1.80. The molecule has 2 heterocycles. The fourth-order valence-corrected chi connectivity index (χ4v) is 3.45. The number of carbonyl (C=O) groups excluding carboxylic acids is 2. The van der Waals surface area contributed by atoms with Crippen LogP contribution in [0.15, 0.2) is 24.3 Å². The molecule has 0 aliphatic carbocycles. The van der Waals surface area contributed by atoms with E-state index in [1.807, 2.05) is 24.3 Å². The van der Waals surface area contributed by atoms with Gasteiger partial charge in [-0.25, -0.2) is 9.59 Å². The summed E-state index contributed by atoms with van der Waals surface area (Å²) in [6, 6.07) is 7.47. The molecule has 1 saturated heterocycles. The first kappa shape index (κ1) is 17.4. The molecule has 0 radical (unpaired) electrons. The second kappa shape index (κ2) is 8.09. The highest BCUT2D eigenvalue weighted by molar-refractivity contribution is 5.75. The zero-order valence-electron chi connectivity index (χ0n) is 14.5. The molecule has 1 aromatic rings. The first-order chi connectivity index (χ1) is 12.2. The number of carbonyl (C=O) groups is 2. The molecule has 1 aromatic carbocycles. The number of ether oxygens (including phenoxy) is 2. The second-order valence-corrected chi connectivity index (χ2v) is 6.45. The van der Waals surface area contributed by atoms with E-state index in [2.05, 4.69) is 10.6 Å². The number of benzene rings is 1. The smallest absolute Gasteiger partial charge is 0.409 e. The Balaban J connectivity index is 1.58. The lowest BCUT2D eigenvalue weighted by Crippen LogP contribution is -2.52. The molecular formula is C18H25N3O4. The van der Waals surface area contributed by atoms with Crippen LogP contribution in [0.4, 0.5) is 9.59 Å². The number of nitrogens with one attached hydrogen (secondary N) is 2. The van der Waals surface area contributed by atoms with Crippen LogP contribution in [0.5, 0.6) is 5.75 Å². The Kier molecular flexibility index (Phi) is 5.63. The predicted molar refractivity (Wildman–Crippen MR) is 92.6 cm³/mol. The number of hydrogen-bond acceptors (Lipinski definition) is 4. The van der Waals surface area contributed by atoms with Crippen molar-refractivity contribution in [2.75, 3.05) is 26.8 Å². The Hall–Kier alpha value is -2.44. The minimum absolute atomic E-state index is 0.0647. The molecule has 0 spiro atoms. The molecule has 0 bridgehead atoms. The molecule has 0 unspecified atom stereocenters. The number of hydrogen-bond donors (Lipinski definition) is 2. The number of fused-ring (bicyclic) bond motifs is 1. The Morgan fingerprint density at radius 1 is 1.20 bits per heavy atom. The van der Waals surface area contributed by atoms with Crippen molar-refractivity contribution in [3.8, 4) is 5.75 Å². The molecule has 3 rings (SSSR count). The summed E-state index contributed by atoms with van der Waals surface area (Å²) in [5, 5.41) is 6.04. The minimum Gasteiger partial charge on any atom is -0.493 e. The SMILES string of the molecule is COC(=O)N1CCC[C@@H](NC(=O)N[C@H]2CCCOc3ccccc32)C1. The van der Waals surface area contributed by atoms with E-state index in [0.717, 1.165) is 37.0 Å². The maximum Gasteiger partial charge on any atom is 0.409 e. The Morgan fingerprint density at radius 3 is 2.88 bits per heavy atom. The predicted octanol–water partition coefficient (Wildman–Crippen LogP) is 2.43. The maximum absolute atomic E-state index is 12.4. The van der Waals surface area contributed by atoms with Crippen molar-refractivity contribution in [1.82, 2.24) is 15.5 Å². The standard InChI is InChI=1S/C18H25N3O4/c1-24-18(23)21-10-4-6-13(12-21)19-17(22)20-15-8-5-11-25-16-9-3-2-7-14(15)16/h2-3,7,9,13,15H,4-6,8,10-12H2,1H3,(H2,19,20,22)/t13-,15+/m1/s1. The van der Waals surface area contributed by atoms with E-state index in [4.69, 9.17) is 9.47 Å². The number of methoxy groups -OCH3 is 1. The molecule has 2 aliphatic heterocycles. The van der Waals surface area contributed by atoms with Crippen LogP contribution in [0.25, 0.3) is 0 Å². The zero-order valence-corrected chi connectivity index (χ0v) is 14.5.